The van der Waals surface area contributed by atoms with Crippen LogP contribution >= 0.6 is 34.8 Å². The maximum atomic E-state index is 4.64. The molecule has 0 spiro atoms. The predicted octanol–water partition coefficient (Wildman–Crippen LogP) is 6.42. The second kappa shape index (κ2) is 8.23. The van der Waals surface area contributed by atoms with Gasteiger partial charge in [-0.25, -0.2) is 0 Å². The summed E-state index contributed by atoms with van der Waals surface area (Å²) in [5.74, 6) is 0. The molecule has 1 aliphatic carbocycles. The van der Waals surface area contributed by atoms with Crippen LogP contribution in [0.25, 0.3) is 5.57 Å². The lowest BCUT2D eigenvalue weighted by Gasteiger charge is -2.22. The Labute approximate surface area is 145 Å². The van der Waals surface area contributed by atoms with E-state index in [1.54, 1.807) is 0 Å². The van der Waals surface area contributed by atoms with Crippen molar-refractivity contribution in [2.24, 2.45) is 4.99 Å². The van der Waals surface area contributed by atoms with Crippen molar-refractivity contribution in [2.75, 3.05) is 0 Å². The van der Waals surface area contributed by atoms with E-state index < -0.39 is 0 Å². The molecule has 0 unspecified atom stereocenters. The SMILES string of the molecule is C=C/C=C1\CCCC(/C=C/I)=C1c1ccc(N=C=S)cc1. The number of aliphatic imine (C=N–C) groups is 1. The van der Waals surface area contributed by atoms with E-state index in [1.807, 2.05) is 18.2 Å². The van der Waals surface area contributed by atoms with Crippen LogP contribution in [0.3, 0.4) is 0 Å². The van der Waals surface area contributed by atoms with Gasteiger partial charge in [0.2, 0.25) is 0 Å². The first-order valence-electron chi connectivity index (χ1n) is 6.80. The van der Waals surface area contributed by atoms with E-state index in [0.29, 0.717) is 0 Å². The smallest absolute Gasteiger partial charge is 0.0739 e. The molecule has 21 heavy (non-hydrogen) atoms. The maximum Gasteiger partial charge on any atom is 0.0739 e. The molecular weight excluding hydrogens is 389 g/mol. The summed E-state index contributed by atoms with van der Waals surface area (Å²) in [4.78, 5) is 4.01. The van der Waals surface area contributed by atoms with Gasteiger partial charge in [-0.1, -0.05) is 59.5 Å². The minimum absolute atomic E-state index is 0.838. The molecule has 0 radical (unpaired) electrons. The average molecular weight is 405 g/mol. The Balaban J connectivity index is 2.54. The van der Waals surface area contributed by atoms with Gasteiger partial charge in [0.25, 0.3) is 0 Å². The summed E-state index contributed by atoms with van der Waals surface area (Å²) in [7, 11) is 0. The summed E-state index contributed by atoms with van der Waals surface area (Å²) in [5.41, 5.74) is 6.12. The lowest BCUT2D eigenvalue weighted by atomic mass is 9.83. The first-order chi connectivity index (χ1) is 10.3. The topological polar surface area (TPSA) is 12.4 Å². The molecule has 0 saturated heterocycles. The Morgan fingerprint density at radius 2 is 2.00 bits per heavy atom. The zero-order valence-electron chi connectivity index (χ0n) is 11.7. The van der Waals surface area contributed by atoms with E-state index in [0.717, 1.165) is 18.5 Å². The molecule has 0 aliphatic heterocycles. The zero-order valence-corrected chi connectivity index (χ0v) is 14.7. The number of hydrogen-bond donors (Lipinski definition) is 0. The van der Waals surface area contributed by atoms with Crippen molar-refractivity contribution in [1.29, 1.82) is 0 Å². The highest BCUT2D eigenvalue weighted by Crippen LogP contribution is 2.38. The molecule has 0 N–H and O–H groups in total. The Kier molecular flexibility index (Phi) is 6.30. The van der Waals surface area contributed by atoms with Crippen LogP contribution in [0.1, 0.15) is 24.8 Å². The summed E-state index contributed by atoms with van der Waals surface area (Å²) in [6, 6.07) is 8.16. The van der Waals surface area contributed by atoms with Gasteiger partial charge >= 0.3 is 0 Å². The van der Waals surface area contributed by atoms with Crippen molar-refractivity contribution in [3.8, 4) is 0 Å². The monoisotopic (exact) mass is 405 g/mol. The van der Waals surface area contributed by atoms with E-state index in [2.05, 4.69) is 79.9 Å². The number of halogens is 1. The summed E-state index contributed by atoms with van der Waals surface area (Å²) >= 11 is 6.92. The van der Waals surface area contributed by atoms with Gasteiger partial charge in [-0.3, -0.25) is 0 Å². The maximum absolute atomic E-state index is 4.64. The molecule has 0 aromatic heterocycles. The molecule has 0 bridgehead atoms. The van der Waals surface area contributed by atoms with Gasteiger partial charge in [0.1, 0.15) is 0 Å². The van der Waals surface area contributed by atoms with Gasteiger partial charge in [-0.15, -0.1) is 0 Å². The third-order valence-corrected chi connectivity index (χ3v) is 3.90. The highest BCUT2D eigenvalue weighted by atomic mass is 127. The fourth-order valence-electron chi connectivity index (χ4n) is 2.60. The van der Waals surface area contributed by atoms with Gasteiger partial charge in [-0.2, -0.15) is 4.99 Å². The molecule has 0 heterocycles. The molecular formula is C18H16INS. The van der Waals surface area contributed by atoms with Gasteiger partial charge in [0, 0.05) is 0 Å². The van der Waals surface area contributed by atoms with E-state index in [-0.39, 0.29) is 0 Å². The van der Waals surface area contributed by atoms with Crippen LogP contribution in [0.4, 0.5) is 5.69 Å². The third-order valence-electron chi connectivity index (χ3n) is 3.45. The Morgan fingerprint density at radius 1 is 1.24 bits per heavy atom. The third kappa shape index (κ3) is 4.10. The van der Waals surface area contributed by atoms with Gasteiger partial charge in [0.15, 0.2) is 0 Å². The molecule has 0 atom stereocenters. The van der Waals surface area contributed by atoms with Gasteiger partial charge in [0.05, 0.1) is 10.8 Å². The Hall–Kier alpha value is -1.29. The van der Waals surface area contributed by atoms with E-state index in [1.165, 1.54) is 28.7 Å². The van der Waals surface area contributed by atoms with Crippen molar-refractivity contribution in [3.05, 3.63) is 69.9 Å². The van der Waals surface area contributed by atoms with Crippen molar-refractivity contribution in [1.82, 2.24) is 0 Å². The quantitative estimate of drug-likeness (QED) is 0.320. The Morgan fingerprint density at radius 3 is 2.62 bits per heavy atom. The normalized spacial score (nSPS) is 17.1. The van der Waals surface area contributed by atoms with Crippen molar-refractivity contribution < 1.29 is 0 Å². The van der Waals surface area contributed by atoms with Crippen molar-refractivity contribution in [3.63, 3.8) is 0 Å². The van der Waals surface area contributed by atoms with Gasteiger partial charge < -0.3 is 0 Å². The van der Waals surface area contributed by atoms with Gasteiger partial charge in [-0.05, 0) is 70.0 Å². The molecule has 106 valence electrons. The number of thiocarbonyl (C=S) groups is 1. The predicted molar refractivity (Wildman–Crippen MR) is 103 cm³/mol. The number of nitrogens with zero attached hydrogens (tertiary/aromatic N) is 1. The molecule has 0 fully saturated rings. The van der Waals surface area contributed by atoms with Crippen LogP contribution in [0, 0.1) is 0 Å². The molecule has 1 aromatic rings. The van der Waals surface area contributed by atoms with Crippen LogP contribution in [-0.4, -0.2) is 5.16 Å². The van der Waals surface area contributed by atoms with E-state index >= 15 is 0 Å². The summed E-state index contributed by atoms with van der Waals surface area (Å²) in [6.45, 7) is 3.84. The standard InChI is InChI=1S/C18H16INS/c1-2-4-14-5-3-6-15(11-12-19)18(14)16-7-9-17(10-8-16)20-13-21/h2,4,7-12H,1,3,5-6H2/b12-11+,14-4+. The molecule has 2 rings (SSSR count). The molecule has 3 heteroatoms. The number of rotatable bonds is 4. The fourth-order valence-corrected chi connectivity index (χ4v) is 3.14. The number of benzene rings is 1. The number of isothiocyanates is 1. The lowest BCUT2D eigenvalue weighted by molar-refractivity contribution is 0.806. The first kappa shape index (κ1) is 16.1. The molecule has 0 amide bonds. The zero-order chi connectivity index (χ0) is 15.1. The van der Waals surface area contributed by atoms with Crippen LogP contribution in [0.2, 0.25) is 0 Å². The molecule has 1 nitrogen and oxygen atoms in total. The van der Waals surface area contributed by atoms with Crippen molar-refractivity contribution >= 4 is 51.2 Å². The van der Waals surface area contributed by atoms with Crippen molar-refractivity contribution in [2.45, 2.75) is 19.3 Å². The van der Waals surface area contributed by atoms with Crippen LogP contribution in [0.5, 0.6) is 0 Å². The minimum atomic E-state index is 0.838. The highest BCUT2D eigenvalue weighted by Gasteiger charge is 2.17. The van der Waals surface area contributed by atoms with E-state index in [4.69, 9.17) is 0 Å². The second-order valence-electron chi connectivity index (χ2n) is 4.72. The Bertz CT molecular complexity index is 659. The van der Waals surface area contributed by atoms with Crippen LogP contribution in [0.15, 0.2) is 69.3 Å². The average Bonchev–Trinajstić information content (AvgIpc) is 2.50. The summed E-state index contributed by atoms with van der Waals surface area (Å²) in [5, 5.41) is 2.40. The minimum Gasteiger partial charge on any atom is -0.195 e. The molecule has 1 aromatic carbocycles. The summed E-state index contributed by atoms with van der Waals surface area (Å²) < 4.78 is 2.08. The van der Waals surface area contributed by atoms with Crippen LogP contribution < -0.4 is 0 Å². The molecule has 1 aliphatic rings. The summed E-state index contributed by atoms with van der Waals surface area (Å²) in [6.07, 6.45) is 9.60. The molecule has 0 saturated carbocycles. The first-order valence-corrected chi connectivity index (χ1v) is 8.45. The number of allylic oxidation sites excluding steroid dienone is 6. The highest BCUT2D eigenvalue weighted by molar-refractivity contribution is 14.1. The number of hydrogen-bond acceptors (Lipinski definition) is 2. The van der Waals surface area contributed by atoms with E-state index in [9.17, 15) is 0 Å². The fraction of sp³-hybridized carbons (Fsp3) is 0.167. The van der Waals surface area contributed by atoms with Crippen LogP contribution in [-0.2, 0) is 0 Å². The lowest BCUT2D eigenvalue weighted by Crippen LogP contribution is -2.01. The largest absolute Gasteiger partial charge is 0.195 e. The second-order valence-corrected chi connectivity index (χ2v) is 5.63.